The lowest BCUT2D eigenvalue weighted by atomic mass is 10.1. The van der Waals surface area contributed by atoms with Crippen molar-refractivity contribution in [1.29, 1.82) is 0 Å². The first-order valence-electron chi connectivity index (χ1n) is 3.47. The van der Waals surface area contributed by atoms with E-state index in [-0.39, 0.29) is 18.7 Å². The molecule has 0 aliphatic carbocycles. The van der Waals surface area contributed by atoms with Crippen LogP contribution in [-0.2, 0) is 13.2 Å². The highest BCUT2D eigenvalue weighted by atomic mass is 19.2. The van der Waals surface area contributed by atoms with Crippen molar-refractivity contribution in [2.24, 2.45) is 5.73 Å². The molecule has 0 unspecified atom stereocenters. The van der Waals surface area contributed by atoms with Crippen LogP contribution in [0.5, 0.6) is 0 Å². The van der Waals surface area contributed by atoms with Crippen molar-refractivity contribution in [2.75, 3.05) is 0 Å². The Morgan fingerprint density at radius 2 is 2.00 bits per heavy atom. The summed E-state index contributed by atoms with van der Waals surface area (Å²) in [5.41, 5.74) is 5.55. The minimum atomic E-state index is -0.968. The van der Waals surface area contributed by atoms with Crippen molar-refractivity contribution in [2.45, 2.75) is 13.2 Å². The average Bonchev–Trinajstić information content (AvgIpc) is 2.09. The van der Waals surface area contributed by atoms with Gasteiger partial charge in [-0.15, -0.1) is 0 Å². The van der Waals surface area contributed by atoms with Crippen molar-refractivity contribution in [3.05, 3.63) is 34.9 Å². The Labute approximate surface area is 68.6 Å². The van der Waals surface area contributed by atoms with Gasteiger partial charge in [0.25, 0.3) is 0 Å². The fraction of sp³-hybridized carbons (Fsp3) is 0.250. The molecule has 0 aromatic heterocycles. The Bertz CT molecular complexity index is 289. The zero-order valence-corrected chi connectivity index (χ0v) is 6.35. The molecular formula is C8H9F2NO. The van der Waals surface area contributed by atoms with Crippen molar-refractivity contribution in [3.63, 3.8) is 0 Å². The number of hydrogen-bond acceptors (Lipinski definition) is 2. The lowest BCUT2D eigenvalue weighted by Crippen LogP contribution is -2.06. The highest BCUT2D eigenvalue weighted by molar-refractivity contribution is 5.28. The molecule has 0 radical (unpaired) electrons. The first kappa shape index (κ1) is 9.09. The Kier molecular flexibility index (Phi) is 2.73. The summed E-state index contributed by atoms with van der Waals surface area (Å²) >= 11 is 0. The van der Waals surface area contributed by atoms with Crippen LogP contribution in [0.4, 0.5) is 8.78 Å². The van der Waals surface area contributed by atoms with Crippen molar-refractivity contribution >= 4 is 0 Å². The first-order valence-corrected chi connectivity index (χ1v) is 3.47. The Morgan fingerprint density at radius 1 is 1.33 bits per heavy atom. The van der Waals surface area contributed by atoms with Gasteiger partial charge < -0.3 is 10.8 Å². The van der Waals surface area contributed by atoms with Gasteiger partial charge in [0.15, 0.2) is 11.6 Å². The van der Waals surface area contributed by atoms with E-state index in [1.807, 2.05) is 0 Å². The topological polar surface area (TPSA) is 46.2 Å². The number of halogens is 2. The molecule has 0 bridgehead atoms. The molecule has 0 aliphatic rings. The highest BCUT2D eigenvalue weighted by Crippen LogP contribution is 2.16. The third kappa shape index (κ3) is 1.44. The third-order valence-corrected chi connectivity index (χ3v) is 1.67. The van der Waals surface area contributed by atoms with Crippen LogP contribution in [-0.4, -0.2) is 5.11 Å². The van der Waals surface area contributed by atoms with Crippen molar-refractivity contribution in [3.8, 4) is 0 Å². The van der Waals surface area contributed by atoms with Gasteiger partial charge in [-0.05, 0) is 11.6 Å². The molecule has 1 rings (SSSR count). The number of benzene rings is 1. The first-order chi connectivity index (χ1) is 5.70. The normalized spacial score (nSPS) is 10.3. The van der Waals surface area contributed by atoms with E-state index in [1.54, 1.807) is 0 Å². The molecule has 0 aliphatic heterocycles. The fourth-order valence-electron chi connectivity index (χ4n) is 1.00. The summed E-state index contributed by atoms with van der Waals surface area (Å²) in [6.45, 7) is -0.441. The second-order valence-corrected chi connectivity index (χ2v) is 2.36. The van der Waals surface area contributed by atoms with Gasteiger partial charge in [0.05, 0.1) is 6.61 Å². The Morgan fingerprint density at radius 3 is 2.50 bits per heavy atom. The van der Waals surface area contributed by atoms with Gasteiger partial charge in [-0.2, -0.15) is 0 Å². The lowest BCUT2D eigenvalue weighted by molar-refractivity contribution is 0.279. The molecule has 66 valence electrons. The summed E-state index contributed by atoms with van der Waals surface area (Å²) in [5.74, 6) is -1.91. The number of aliphatic hydroxyl groups excluding tert-OH is 1. The zero-order valence-electron chi connectivity index (χ0n) is 6.35. The molecule has 12 heavy (non-hydrogen) atoms. The van der Waals surface area contributed by atoms with E-state index in [9.17, 15) is 8.78 Å². The van der Waals surface area contributed by atoms with E-state index in [1.165, 1.54) is 6.07 Å². The minimum Gasteiger partial charge on any atom is -0.392 e. The molecule has 2 nitrogen and oxygen atoms in total. The summed E-state index contributed by atoms with van der Waals surface area (Å²) in [7, 11) is 0. The standard InChI is InChI=1S/C8H9F2NO/c9-7-2-1-5(4-12)6(3-11)8(7)10/h1-2,12H,3-4,11H2. The smallest absolute Gasteiger partial charge is 0.163 e. The number of rotatable bonds is 2. The quantitative estimate of drug-likeness (QED) is 0.698. The van der Waals surface area contributed by atoms with Crippen LogP contribution in [0.3, 0.4) is 0 Å². The molecule has 1 aromatic rings. The number of hydrogen-bond donors (Lipinski definition) is 2. The summed E-state index contributed by atoms with van der Waals surface area (Å²) in [6, 6.07) is 2.29. The molecule has 0 spiro atoms. The van der Waals surface area contributed by atoms with Crippen LogP contribution in [0.2, 0.25) is 0 Å². The summed E-state index contributed by atoms with van der Waals surface area (Å²) in [6.07, 6.45) is 0. The maximum absolute atomic E-state index is 12.9. The average molecular weight is 173 g/mol. The van der Waals surface area contributed by atoms with Crippen LogP contribution < -0.4 is 5.73 Å². The predicted molar refractivity (Wildman–Crippen MR) is 40.2 cm³/mol. The monoisotopic (exact) mass is 173 g/mol. The largest absolute Gasteiger partial charge is 0.392 e. The molecule has 0 amide bonds. The molecule has 0 fully saturated rings. The number of nitrogens with two attached hydrogens (primary N) is 1. The molecule has 0 saturated carbocycles. The molecule has 0 saturated heterocycles. The van der Waals surface area contributed by atoms with Crippen LogP contribution in [0, 0.1) is 11.6 Å². The zero-order chi connectivity index (χ0) is 9.14. The van der Waals surface area contributed by atoms with Gasteiger partial charge in [0.2, 0.25) is 0 Å². The van der Waals surface area contributed by atoms with E-state index in [2.05, 4.69) is 0 Å². The Hall–Kier alpha value is -1.00. The SMILES string of the molecule is NCc1c(CO)ccc(F)c1F. The maximum Gasteiger partial charge on any atom is 0.163 e. The molecule has 4 heteroatoms. The van der Waals surface area contributed by atoms with Crippen LogP contribution in [0.1, 0.15) is 11.1 Å². The van der Waals surface area contributed by atoms with E-state index < -0.39 is 11.6 Å². The predicted octanol–water partition coefficient (Wildman–Crippen LogP) is 0.916. The second kappa shape index (κ2) is 3.60. The van der Waals surface area contributed by atoms with E-state index >= 15 is 0 Å². The fourth-order valence-corrected chi connectivity index (χ4v) is 1.00. The number of aliphatic hydroxyl groups is 1. The summed E-state index contributed by atoms with van der Waals surface area (Å²) in [4.78, 5) is 0. The molecule has 0 atom stereocenters. The van der Waals surface area contributed by atoms with Gasteiger partial charge in [0, 0.05) is 12.1 Å². The van der Waals surface area contributed by atoms with Gasteiger partial charge in [-0.25, -0.2) is 8.78 Å². The van der Waals surface area contributed by atoms with Crippen LogP contribution >= 0.6 is 0 Å². The van der Waals surface area contributed by atoms with Crippen molar-refractivity contribution in [1.82, 2.24) is 0 Å². The second-order valence-electron chi connectivity index (χ2n) is 2.36. The van der Waals surface area contributed by atoms with Gasteiger partial charge in [-0.3, -0.25) is 0 Å². The molecule has 1 aromatic carbocycles. The Balaban J connectivity index is 3.25. The van der Waals surface area contributed by atoms with E-state index in [4.69, 9.17) is 10.8 Å². The van der Waals surface area contributed by atoms with Gasteiger partial charge in [-0.1, -0.05) is 6.07 Å². The minimum absolute atomic E-state index is 0.0394. The summed E-state index contributed by atoms with van der Waals surface area (Å²) in [5, 5.41) is 8.72. The third-order valence-electron chi connectivity index (χ3n) is 1.67. The molecule has 3 N–H and O–H groups in total. The molecular weight excluding hydrogens is 164 g/mol. The van der Waals surface area contributed by atoms with Crippen LogP contribution in [0.25, 0.3) is 0 Å². The molecule has 0 heterocycles. The maximum atomic E-state index is 12.9. The van der Waals surface area contributed by atoms with Gasteiger partial charge >= 0.3 is 0 Å². The lowest BCUT2D eigenvalue weighted by Gasteiger charge is -2.05. The van der Waals surface area contributed by atoms with Gasteiger partial charge in [0.1, 0.15) is 0 Å². The van der Waals surface area contributed by atoms with Crippen LogP contribution in [0.15, 0.2) is 12.1 Å². The van der Waals surface area contributed by atoms with E-state index in [0.29, 0.717) is 5.56 Å². The van der Waals surface area contributed by atoms with E-state index in [0.717, 1.165) is 6.07 Å². The van der Waals surface area contributed by atoms with Crippen molar-refractivity contribution < 1.29 is 13.9 Å². The summed E-state index contributed by atoms with van der Waals surface area (Å²) < 4.78 is 25.5. The highest BCUT2D eigenvalue weighted by Gasteiger charge is 2.10.